The van der Waals surface area contributed by atoms with Crippen LogP contribution in [0.3, 0.4) is 0 Å². The van der Waals surface area contributed by atoms with Gasteiger partial charge in [0.25, 0.3) is 0 Å². The first kappa shape index (κ1) is 9.54. The Morgan fingerprint density at radius 3 is 2.75 bits per heavy atom. The van der Waals surface area contributed by atoms with Gasteiger partial charge in [0.15, 0.2) is 0 Å². The Hall–Kier alpha value is -1.68. The minimum Gasteiger partial charge on any atom is -0.507 e. The van der Waals surface area contributed by atoms with Gasteiger partial charge in [-0.1, -0.05) is 6.07 Å². The average Bonchev–Trinajstić information content (AvgIpc) is 2.97. The molecule has 82 valence electrons. The molecule has 0 bridgehead atoms. The van der Waals surface area contributed by atoms with Crippen molar-refractivity contribution in [3.63, 3.8) is 0 Å². The lowest BCUT2D eigenvalue weighted by Gasteiger charge is -2.10. The van der Waals surface area contributed by atoms with Gasteiger partial charge in [0.2, 0.25) is 0 Å². The van der Waals surface area contributed by atoms with Crippen molar-refractivity contribution in [1.82, 2.24) is 9.97 Å². The molecule has 0 radical (unpaired) electrons. The van der Waals surface area contributed by atoms with Crippen LogP contribution in [0.25, 0.3) is 10.9 Å². The highest BCUT2D eigenvalue weighted by atomic mass is 16.3. The summed E-state index contributed by atoms with van der Waals surface area (Å²) in [5.41, 5.74) is 7.30. The molecule has 3 rings (SSSR count). The zero-order valence-corrected chi connectivity index (χ0v) is 9.07. The normalized spacial score (nSPS) is 17.6. The van der Waals surface area contributed by atoms with E-state index >= 15 is 0 Å². The summed E-state index contributed by atoms with van der Waals surface area (Å²) in [6.45, 7) is 1.87. The molecule has 1 heterocycles. The monoisotopic (exact) mass is 215 g/mol. The third-order valence-electron chi connectivity index (χ3n) is 3.12. The van der Waals surface area contributed by atoms with Crippen LogP contribution in [0.1, 0.15) is 24.4 Å². The van der Waals surface area contributed by atoms with Crippen LogP contribution in [0.15, 0.2) is 18.2 Å². The summed E-state index contributed by atoms with van der Waals surface area (Å²) < 4.78 is 0. The lowest BCUT2D eigenvalue weighted by Crippen LogP contribution is -2.22. The Kier molecular flexibility index (Phi) is 1.74. The third-order valence-corrected chi connectivity index (χ3v) is 3.12. The molecule has 1 aromatic heterocycles. The quantitative estimate of drug-likeness (QED) is 0.757. The summed E-state index contributed by atoms with van der Waals surface area (Å²) in [4.78, 5) is 8.83. The molecule has 0 atom stereocenters. The second-order valence-corrected chi connectivity index (χ2v) is 4.46. The summed E-state index contributed by atoms with van der Waals surface area (Å²) in [5.74, 6) is 0.923. The average molecular weight is 215 g/mol. The van der Waals surface area contributed by atoms with Gasteiger partial charge in [0.1, 0.15) is 11.6 Å². The maximum absolute atomic E-state index is 9.75. The van der Waals surface area contributed by atoms with E-state index in [-0.39, 0.29) is 11.3 Å². The van der Waals surface area contributed by atoms with Gasteiger partial charge in [-0.25, -0.2) is 9.97 Å². The summed E-state index contributed by atoms with van der Waals surface area (Å²) in [6.07, 6.45) is 1.88. The van der Waals surface area contributed by atoms with Crippen molar-refractivity contribution in [1.29, 1.82) is 0 Å². The fourth-order valence-corrected chi connectivity index (χ4v) is 1.93. The number of fused-ring (bicyclic) bond motifs is 1. The highest BCUT2D eigenvalue weighted by Gasteiger charge is 2.43. The van der Waals surface area contributed by atoms with Gasteiger partial charge in [0, 0.05) is 0 Å². The van der Waals surface area contributed by atoms with Crippen LogP contribution in [0.2, 0.25) is 0 Å². The highest BCUT2D eigenvalue weighted by Crippen LogP contribution is 2.41. The second-order valence-electron chi connectivity index (χ2n) is 4.46. The lowest BCUT2D eigenvalue weighted by molar-refractivity contribution is 0.481. The number of nitrogens with two attached hydrogens (primary N) is 1. The van der Waals surface area contributed by atoms with E-state index in [0.29, 0.717) is 5.82 Å². The summed E-state index contributed by atoms with van der Waals surface area (Å²) in [7, 11) is 0. The van der Waals surface area contributed by atoms with E-state index in [1.54, 1.807) is 12.1 Å². The predicted octanol–water partition coefficient (Wildman–Crippen LogP) is 1.59. The van der Waals surface area contributed by atoms with Crippen LogP contribution >= 0.6 is 0 Å². The van der Waals surface area contributed by atoms with Crippen molar-refractivity contribution in [2.24, 2.45) is 5.73 Å². The minimum absolute atomic E-state index is 0.225. The van der Waals surface area contributed by atoms with Gasteiger partial charge in [-0.2, -0.15) is 0 Å². The molecule has 4 heteroatoms. The van der Waals surface area contributed by atoms with E-state index in [1.165, 1.54) is 0 Å². The van der Waals surface area contributed by atoms with Crippen molar-refractivity contribution in [3.8, 4) is 5.75 Å². The zero-order chi connectivity index (χ0) is 11.3. The SMILES string of the molecule is Cc1nc(C2(N)CC2)nc2cccc(O)c12. The van der Waals surface area contributed by atoms with E-state index < -0.39 is 0 Å². The molecule has 2 aromatic rings. The van der Waals surface area contributed by atoms with Crippen LogP contribution < -0.4 is 5.73 Å². The van der Waals surface area contributed by atoms with E-state index in [4.69, 9.17) is 5.73 Å². The molecule has 0 aliphatic heterocycles. The standard InChI is InChI=1S/C12H13N3O/c1-7-10-8(3-2-4-9(10)16)15-11(14-7)12(13)5-6-12/h2-4,16H,5-6,13H2,1H3. The zero-order valence-electron chi connectivity index (χ0n) is 9.07. The Morgan fingerprint density at radius 2 is 2.06 bits per heavy atom. The molecule has 0 spiro atoms. The van der Waals surface area contributed by atoms with Crippen molar-refractivity contribution in [2.45, 2.75) is 25.3 Å². The Bertz CT molecular complexity index is 576. The minimum atomic E-state index is -0.329. The fourth-order valence-electron chi connectivity index (χ4n) is 1.93. The van der Waals surface area contributed by atoms with Crippen LogP contribution in [0, 0.1) is 6.92 Å². The Balaban J connectivity index is 2.31. The topological polar surface area (TPSA) is 72.0 Å². The number of aromatic nitrogens is 2. The van der Waals surface area contributed by atoms with Crippen LogP contribution in [-0.4, -0.2) is 15.1 Å². The predicted molar refractivity (Wildman–Crippen MR) is 61.0 cm³/mol. The third kappa shape index (κ3) is 1.27. The molecule has 1 aliphatic rings. The summed E-state index contributed by atoms with van der Waals surface area (Å²) in [6, 6.07) is 5.30. The number of aryl methyl sites for hydroxylation is 1. The Morgan fingerprint density at radius 1 is 1.31 bits per heavy atom. The first-order chi connectivity index (χ1) is 7.60. The van der Waals surface area contributed by atoms with Crippen LogP contribution in [0.4, 0.5) is 0 Å². The number of nitrogens with zero attached hydrogens (tertiary/aromatic N) is 2. The molecule has 1 fully saturated rings. The molecular weight excluding hydrogens is 202 g/mol. The number of rotatable bonds is 1. The number of phenolic OH excluding ortho intramolecular Hbond substituents is 1. The number of aromatic hydroxyl groups is 1. The Labute approximate surface area is 93.1 Å². The van der Waals surface area contributed by atoms with Crippen LogP contribution in [0.5, 0.6) is 5.75 Å². The first-order valence-electron chi connectivity index (χ1n) is 5.36. The number of hydrogen-bond acceptors (Lipinski definition) is 4. The van der Waals surface area contributed by atoms with Crippen molar-refractivity contribution < 1.29 is 5.11 Å². The molecule has 16 heavy (non-hydrogen) atoms. The molecule has 0 saturated heterocycles. The van der Waals surface area contributed by atoms with Gasteiger partial charge in [-0.3, -0.25) is 0 Å². The second kappa shape index (κ2) is 2.92. The van der Waals surface area contributed by atoms with E-state index in [0.717, 1.165) is 29.4 Å². The van der Waals surface area contributed by atoms with Gasteiger partial charge in [-0.15, -0.1) is 0 Å². The fraction of sp³-hybridized carbons (Fsp3) is 0.333. The maximum Gasteiger partial charge on any atom is 0.149 e. The van der Waals surface area contributed by atoms with Crippen molar-refractivity contribution in [2.75, 3.05) is 0 Å². The largest absolute Gasteiger partial charge is 0.507 e. The number of phenols is 1. The van der Waals surface area contributed by atoms with E-state index in [9.17, 15) is 5.11 Å². The van der Waals surface area contributed by atoms with Gasteiger partial charge in [-0.05, 0) is 31.9 Å². The van der Waals surface area contributed by atoms with Crippen molar-refractivity contribution in [3.05, 3.63) is 29.7 Å². The number of benzene rings is 1. The molecule has 3 N–H and O–H groups in total. The van der Waals surface area contributed by atoms with Gasteiger partial charge in [0.05, 0.1) is 22.1 Å². The molecule has 1 aromatic carbocycles. The smallest absolute Gasteiger partial charge is 0.149 e. The van der Waals surface area contributed by atoms with E-state index in [1.807, 2.05) is 13.0 Å². The molecule has 1 aliphatic carbocycles. The van der Waals surface area contributed by atoms with E-state index in [2.05, 4.69) is 9.97 Å². The molecular formula is C12H13N3O. The molecule has 0 amide bonds. The van der Waals surface area contributed by atoms with Gasteiger partial charge >= 0.3 is 0 Å². The highest BCUT2D eigenvalue weighted by molar-refractivity contribution is 5.86. The number of hydrogen-bond donors (Lipinski definition) is 2. The maximum atomic E-state index is 9.75. The van der Waals surface area contributed by atoms with Crippen LogP contribution in [-0.2, 0) is 5.54 Å². The van der Waals surface area contributed by atoms with Crippen molar-refractivity contribution >= 4 is 10.9 Å². The molecule has 0 unspecified atom stereocenters. The molecule has 1 saturated carbocycles. The van der Waals surface area contributed by atoms with Gasteiger partial charge < -0.3 is 10.8 Å². The molecule has 4 nitrogen and oxygen atoms in total. The summed E-state index contributed by atoms with van der Waals surface area (Å²) >= 11 is 0. The summed E-state index contributed by atoms with van der Waals surface area (Å²) in [5, 5.41) is 10.5. The lowest BCUT2D eigenvalue weighted by atomic mass is 10.1. The first-order valence-corrected chi connectivity index (χ1v) is 5.36.